The van der Waals surface area contributed by atoms with E-state index in [0.717, 1.165) is 51.3 Å². The lowest BCUT2D eigenvalue weighted by atomic mass is 10.1. The predicted octanol–water partition coefficient (Wildman–Crippen LogP) is 1.72. The third kappa shape index (κ3) is 7.62. The van der Waals surface area contributed by atoms with E-state index in [1.165, 1.54) is 10.9 Å². The van der Waals surface area contributed by atoms with Crippen LogP contribution in [-0.2, 0) is 10.9 Å². The quantitative estimate of drug-likeness (QED) is 0.304. The molecule has 2 aliphatic rings. The van der Waals surface area contributed by atoms with Gasteiger partial charge < -0.3 is 30.9 Å². The number of likely N-dealkylation sites (N-methyl/N-ethyl adjacent to an activating group) is 1. The van der Waals surface area contributed by atoms with Crippen LogP contribution in [0.1, 0.15) is 33.0 Å². The third-order valence-electron chi connectivity index (χ3n) is 7.53. The fourth-order valence-electron chi connectivity index (χ4n) is 5.07. The number of hydrogen-bond acceptors (Lipinski definition) is 10. The number of nitrogens with two attached hydrogens (primary N) is 1. The molecule has 0 saturated carbocycles. The van der Waals surface area contributed by atoms with Crippen molar-refractivity contribution in [3.63, 3.8) is 0 Å². The maximum absolute atomic E-state index is 13.7. The molecule has 1 aromatic carbocycles. The van der Waals surface area contributed by atoms with Crippen molar-refractivity contribution in [1.82, 2.24) is 35.1 Å². The fourth-order valence-corrected chi connectivity index (χ4v) is 5.07. The molecule has 13 nitrogen and oxygen atoms in total. The number of anilines is 3. The van der Waals surface area contributed by atoms with E-state index >= 15 is 0 Å². The van der Waals surface area contributed by atoms with Crippen molar-refractivity contribution in [2.45, 2.75) is 12.6 Å². The summed E-state index contributed by atoms with van der Waals surface area (Å²) >= 11 is 0. The van der Waals surface area contributed by atoms with Gasteiger partial charge in [-0.25, -0.2) is 9.67 Å². The van der Waals surface area contributed by atoms with Crippen LogP contribution in [-0.4, -0.2) is 114 Å². The number of ether oxygens (including phenoxy) is 1. The molecule has 0 aliphatic carbocycles. The third-order valence-corrected chi connectivity index (χ3v) is 7.53. The highest BCUT2D eigenvalue weighted by Crippen LogP contribution is 2.33. The lowest BCUT2D eigenvalue weighted by Crippen LogP contribution is -2.44. The number of aromatic nitrogens is 4. The van der Waals surface area contributed by atoms with E-state index in [4.69, 9.17) is 10.5 Å². The molecular weight excluding hydrogens is 581 g/mol. The number of morpholine rings is 1. The zero-order valence-electron chi connectivity index (χ0n) is 24.3. The van der Waals surface area contributed by atoms with E-state index in [9.17, 15) is 22.8 Å². The van der Waals surface area contributed by atoms with Gasteiger partial charge in [-0.2, -0.15) is 13.2 Å². The maximum atomic E-state index is 13.7. The molecule has 16 heteroatoms. The SMILES string of the molecule is CN1CCN(c2ccc(-n3cc(C(=O)NCCCN4CCOCC4)nn3)cc2NC(=O)c2ccc(N)nc2C(F)(F)F)CC1. The predicted molar refractivity (Wildman–Crippen MR) is 157 cm³/mol. The second-order valence-electron chi connectivity index (χ2n) is 10.7. The number of alkyl halides is 3. The number of rotatable bonds is 9. The molecular formula is C28H35F3N10O3. The largest absolute Gasteiger partial charge is 0.434 e. The number of carbonyl (C=O) groups is 2. The molecule has 2 amide bonds. The van der Waals surface area contributed by atoms with Gasteiger partial charge in [-0.15, -0.1) is 5.10 Å². The monoisotopic (exact) mass is 616 g/mol. The van der Waals surface area contributed by atoms with Crippen LogP contribution in [0.4, 0.5) is 30.4 Å². The lowest BCUT2D eigenvalue weighted by molar-refractivity contribution is -0.141. The maximum Gasteiger partial charge on any atom is 0.434 e. The Balaban J connectivity index is 1.34. The van der Waals surface area contributed by atoms with Gasteiger partial charge in [0.1, 0.15) is 5.82 Å². The van der Waals surface area contributed by atoms with Crippen LogP contribution in [0.25, 0.3) is 5.69 Å². The zero-order valence-corrected chi connectivity index (χ0v) is 24.3. The van der Waals surface area contributed by atoms with Gasteiger partial charge in [0.15, 0.2) is 11.4 Å². The van der Waals surface area contributed by atoms with Crippen molar-refractivity contribution >= 4 is 29.0 Å². The number of hydrogen-bond donors (Lipinski definition) is 3. The Morgan fingerprint density at radius 3 is 2.50 bits per heavy atom. The summed E-state index contributed by atoms with van der Waals surface area (Å²) in [6.45, 7) is 7.32. The second kappa shape index (κ2) is 13.6. The Kier molecular flexibility index (Phi) is 9.61. The summed E-state index contributed by atoms with van der Waals surface area (Å²) in [6.07, 6.45) is -2.65. The van der Waals surface area contributed by atoms with E-state index < -0.39 is 23.3 Å². The van der Waals surface area contributed by atoms with E-state index in [1.807, 2.05) is 11.9 Å². The fraction of sp³-hybridized carbons (Fsp3) is 0.464. The van der Waals surface area contributed by atoms with Crippen LogP contribution in [0, 0.1) is 0 Å². The number of carbonyl (C=O) groups excluding carboxylic acids is 2. The molecule has 0 spiro atoms. The average Bonchev–Trinajstić information content (AvgIpc) is 3.50. The molecule has 2 fully saturated rings. The van der Waals surface area contributed by atoms with Gasteiger partial charge in [-0.3, -0.25) is 14.5 Å². The summed E-state index contributed by atoms with van der Waals surface area (Å²) in [5, 5.41) is 13.6. The van der Waals surface area contributed by atoms with Gasteiger partial charge in [0.05, 0.1) is 42.0 Å². The lowest BCUT2D eigenvalue weighted by Gasteiger charge is -2.35. The van der Waals surface area contributed by atoms with Crippen LogP contribution in [0.15, 0.2) is 36.5 Å². The van der Waals surface area contributed by atoms with Crippen molar-refractivity contribution in [2.75, 3.05) is 88.6 Å². The molecule has 2 saturated heterocycles. The molecule has 0 radical (unpaired) electrons. The van der Waals surface area contributed by atoms with Gasteiger partial charge in [-0.05, 0) is 50.3 Å². The molecule has 4 heterocycles. The zero-order chi connectivity index (χ0) is 31.3. The van der Waals surface area contributed by atoms with Crippen molar-refractivity contribution in [3.8, 4) is 5.69 Å². The highest BCUT2D eigenvalue weighted by atomic mass is 19.4. The van der Waals surface area contributed by atoms with Gasteiger partial charge in [0.2, 0.25) is 0 Å². The average molecular weight is 617 g/mol. The van der Waals surface area contributed by atoms with Crippen molar-refractivity contribution < 1.29 is 27.5 Å². The minimum atomic E-state index is -4.88. The summed E-state index contributed by atoms with van der Waals surface area (Å²) < 4.78 is 47.8. The Hall–Kier alpha value is -4.28. The van der Waals surface area contributed by atoms with Crippen molar-refractivity contribution in [1.29, 1.82) is 0 Å². The molecule has 0 bridgehead atoms. The van der Waals surface area contributed by atoms with Crippen LogP contribution in [0.5, 0.6) is 0 Å². The Morgan fingerprint density at radius 1 is 1.02 bits per heavy atom. The number of piperazine rings is 1. The summed E-state index contributed by atoms with van der Waals surface area (Å²) in [5.74, 6) is -1.72. The van der Waals surface area contributed by atoms with E-state index in [1.54, 1.807) is 18.2 Å². The summed E-state index contributed by atoms with van der Waals surface area (Å²) in [4.78, 5) is 35.8. The Bertz CT molecular complexity index is 1470. The van der Waals surface area contributed by atoms with E-state index in [-0.39, 0.29) is 23.1 Å². The number of benzene rings is 1. The number of nitrogens with zero attached hydrogens (tertiary/aromatic N) is 7. The first-order valence-electron chi connectivity index (χ1n) is 14.3. The van der Waals surface area contributed by atoms with E-state index in [2.05, 4.69) is 35.7 Å². The molecule has 4 N–H and O–H groups in total. The standard InChI is InChI=1S/C28H35F3N10O3/c1-38-9-11-40(12-10-38)23-5-3-19(17-21(23)34-26(42)20-4-6-24(32)35-25(20)28(29,30)31)41-18-22(36-37-41)27(43)33-7-2-8-39-13-15-44-16-14-39/h3-6,17-18H,2,7-16H2,1H3,(H2,32,35)(H,33,43)(H,34,42). The first-order chi connectivity index (χ1) is 21.1. The number of halogens is 3. The molecule has 0 atom stereocenters. The Morgan fingerprint density at radius 2 is 1.77 bits per heavy atom. The number of pyridine rings is 1. The number of amides is 2. The van der Waals surface area contributed by atoms with E-state index in [0.29, 0.717) is 44.2 Å². The highest BCUT2D eigenvalue weighted by Gasteiger charge is 2.37. The van der Waals surface area contributed by atoms with Gasteiger partial charge in [0, 0.05) is 45.8 Å². The molecule has 2 aromatic heterocycles. The summed E-state index contributed by atoms with van der Waals surface area (Å²) in [5.41, 5.74) is 4.90. The van der Waals surface area contributed by atoms with Gasteiger partial charge in [-0.1, -0.05) is 5.21 Å². The molecule has 0 unspecified atom stereocenters. The minimum absolute atomic E-state index is 0.105. The molecule has 5 rings (SSSR count). The molecule has 236 valence electrons. The van der Waals surface area contributed by atoms with Crippen LogP contribution in [0.2, 0.25) is 0 Å². The van der Waals surface area contributed by atoms with Crippen LogP contribution >= 0.6 is 0 Å². The molecule has 44 heavy (non-hydrogen) atoms. The topological polar surface area (TPSA) is 147 Å². The number of nitrogen functional groups attached to an aromatic ring is 1. The first-order valence-corrected chi connectivity index (χ1v) is 14.3. The summed E-state index contributed by atoms with van der Waals surface area (Å²) in [7, 11) is 2.00. The Labute approximate surface area is 252 Å². The second-order valence-corrected chi connectivity index (χ2v) is 10.7. The minimum Gasteiger partial charge on any atom is -0.384 e. The van der Waals surface area contributed by atoms with Crippen molar-refractivity contribution in [3.05, 3.63) is 53.5 Å². The summed E-state index contributed by atoms with van der Waals surface area (Å²) in [6, 6.07) is 7.24. The van der Waals surface area contributed by atoms with Gasteiger partial charge in [0.25, 0.3) is 11.8 Å². The van der Waals surface area contributed by atoms with Crippen LogP contribution < -0.4 is 21.3 Å². The normalized spacial score (nSPS) is 16.6. The van der Waals surface area contributed by atoms with Crippen LogP contribution in [0.3, 0.4) is 0 Å². The van der Waals surface area contributed by atoms with Crippen molar-refractivity contribution in [2.24, 2.45) is 0 Å². The molecule has 2 aliphatic heterocycles. The smallest absolute Gasteiger partial charge is 0.384 e. The molecule has 3 aromatic rings. The highest BCUT2D eigenvalue weighted by molar-refractivity contribution is 6.07. The first kappa shape index (κ1) is 31.2. The van der Waals surface area contributed by atoms with Gasteiger partial charge >= 0.3 is 6.18 Å². The number of nitrogens with one attached hydrogen (secondary N) is 2.